The number of alkyl halides is 3. The van der Waals surface area contributed by atoms with E-state index in [-0.39, 0.29) is 12.1 Å². The Morgan fingerprint density at radius 2 is 2.17 bits per heavy atom. The molecule has 18 heavy (non-hydrogen) atoms. The van der Waals surface area contributed by atoms with Crippen molar-refractivity contribution in [3.05, 3.63) is 28.3 Å². The third kappa shape index (κ3) is 2.57. The van der Waals surface area contributed by atoms with Crippen LogP contribution in [0.4, 0.5) is 13.2 Å². The zero-order valence-corrected chi connectivity index (χ0v) is 10.5. The first-order valence-corrected chi connectivity index (χ1v) is 6.06. The monoisotopic (exact) mass is 279 g/mol. The van der Waals surface area contributed by atoms with Crippen molar-refractivity contribution in [1.82, 2.24) is 5.32 Å². The number of hydrogen-bond acceptors (Lipinski definition) is 2. The summed E-state index contributed by atoms with van der Waals surface area (Å²) in [6.45, 7) is 2.25. The van der Waals surface area contributed by atoms with Gasteiger partial charge in [-0.15, -0.1) is 0 Å². The average Bonchev–Trinajstić information content (AvgIpc) is 2.71. The first-order chi connectivity index (χ1) is 8.43. The van der Waals surface area contributed by atoms with Crippen LogP contribution in [0.3, 0.4) is 0 Å². The molecule has 0 bridgehead atoms. The summed E-state index contributed by atoms with van der Waals surface area (Å²) in [5, 5.41) is 2.74. The Kier molecular flexibility index (Phi) is 3.73. The van der Waals surface area contributed by atoms with Crippen LogP contribution < -0.4 is 10.1 Å². The van der Waals surface area contributed by atoms with Crippen molar-refractivity contribution in [3.63, 3.8) is 0 Å². The molecule has 1 N–H and O–H groups in total. The summed E-state index contributed by atoms with van der Waals surface area (Å²) in [6.07, 6.45) is -3.78. The summed E-state index contributed by atoms with van der Waals surface area (Å²) in [7, 11) is 0. The molecule has 1 heterocycles. The first-order valence-electron chi connectivity index (χ1n) is 5.68. The number of fused-ring (bicyclic) bond motifs is 1. The van der Waals surface area contributed by atoms with Crippen molar-refractivity contribution >= 4 is 11.6 Å². The second-order valence-corrected chi connectivity index (χ2v) is 4.55. The maximum absolute atomic E-state index is 13.0. The lowest BCUT2D eigenvalue weighted by atomic mass is 10.0. The molecule has 0 saturated carbocycles. The fraction of sp³-hybridized carbons (Fsp3) is 0.500. The average molecular weight is 280 g/mol. The van der Waals surface area contributed by atoms with Gasteiger partial charge in [0.1, 0.15) is 11.8 Å². The minimum absolute atomic E-state index is 0.0735. The van der Waals surface area contributed by atoms with Crippen molar-refractivity contribution in [2.45, 2.75) is 25.6 Å². The van der Waals surface area contributed by atoms with Gasteiger partial charge in [0.2, 0.25) is 0 Å². The van der Waals surface area contributed by atoms with Crippen LogP contribution in [0.1, 0.15) is 24.1 Å². The predicted molar refractivity (Wildman–Crippen MR) is 63.1 cm³/mol. The van der Waals surface area contributed by atoms with Gasteiger partial charge in [-0.05, 0) is 24.2 Å². The molecule has 0 amide bonds. The molecule has 0 aromatic heterocycles. The summed E-state index contributed by atoms with van der Waals surface area (Å²) < 4.78 is 44.4. The fourth-order valence-corrected chi connectivity index (χ4v) is 2.37. The predicted octanol–water partition coefficient (Wildman–Crippen LogP) is 3.49. The lowest BCUT2D eigenvalue weighted by Crippen LogP contribution is -2.34. The van der Waals surface area contributed by atoms with E-state index in [9.17, 15) is 13.2 Å². The lowest BCUT2D eigenvalue weighted by Gasteiger charge is -2.23. The van der Waals surface area contributed by atoms with Gasteiger partial charge in [0, 0.05) is 17.0 Å². The van der Waals surface area contributed by atoms with E-state index in [1.165, 1.54) is 6.07 Å². The van der Waals surface area contributed by atoms with Crippen molar-refractivity contribution in [1.29, 1.82) is 0 Å². The molecule has 2 rings (SSSR count). The molecular weight excluding hydrogens is 267 g/mol. The zero-order valence-electron chi connectivity index (χ0n) is 9.77. The summed E-state index contributed by atoms with van der Waals surface area (Å²) in [5.41, 5.74) is 0.814. The highest BCUT2D eigenvalue weighted by Crippen LogP contribution is 2.42. The molecule has 0 aliphatic carbocycles. The molecule has 0 fully saturated rings. The molecule has 1 aromatic rings. The van der Waals surface area contributed by atoms with Crippen LogP contribution in [-0.2, 0) is 6.42 Å². The van der Waals surface area contributed by atoms with Crippen LogP contribution in [0, 0.1) is 0 Å². The van der Waals surface area contributed by atoms with Gasteiger partial charge >= 0.3 is 6.18 Å². The smallest absolute Gasteiger partial charge is 0.408 e. The zero-order chi connectivity index (χ0) is 13.3. The van der Waals surface area contributed by atoms with Crippen LogP contribution in [-0.4, -0.2) is 19.3 Å². The number of halogens is 4. The van der Waals surface area contributed by atoms with E-state index in [4.69, 9.17) is 16.3 Å². The van der Waals surface area contributed by atoms with Gasteiger partial charge in [0.15, 0.2) is 0 Å². The van der Waals surface area contributed by atoms with Crippen LogP contribution in [0.25, 0.3) is 0 Å². The van der Waals surface area contributed by atoms with E-state index >= 15 is 0 Å². The molecule has 6 heteroatoms. The normalized spacial score (nSPS) is 16.3. The molecule has 1 unspecified atom stereocenters. The van der Waals surface area contributed by atoms with Gasteiger partial charge in [0.25, 0.3) is 0 Å². The van der Waals surface area contributed by atoms with Crippen molar-refractivity contribution in [3.8, 4) is 5.75 Å². The molecule has 1 aliphatic heterocycles. The van der Waals surface area contributed by atoms with Crippen LogP contribution in [0.2, 0.25) is 5.02 Å². The quantitative estimate of drug-likeness (QED) is 0.914. The largest absolute Gasteiger partial charge is 0.493 e. The highest BCUT2D eigenvalue weighted by Gasteiger charge is 2.42. The van der Waals surface area contributed by atoms with Gasteiger partial charge in [-0.25, -0.2) is 0 Å². The van der Waals surface area contributed by atoms with E-state index in [2.05, 4.69) is 5.32 Å². The molecule has 0 saturated heterocycles. The van der Waals surface area contributed by atoms with Crippen molar-refractivity contribution in [2.75, 3.05) is 13.2 Å². The summed E-state index contributed by atoms with van der Waals surface area (Å²) in [5.74, 6) is 0.322. The highest BCUT2D eigenvalue weighted by molar-refractivity contribution is 6.30. The van der Waals surface area contributed by atoms with Gasteiger partial charge < -0.3 is 10.1 Å². The maximum Gasteiger partial charge on any atom is 0.408 e. The fourth-order valence-electron chi connectivity index (χ4n) is 2.12. The van der Waals surface area contributed by atoms with E-state index < -0.39 is 12.2 Å². The molecule has 1 atom stereocenters. The third-order valence-corrected chi connectivity index (χ3v) is 3.04. The summed E-state index contributed by atoms with van der Waals surface area (Å²) >= 11 is 5.87. The molecule has 1 aliphatic rings. The minimum Gasteiger partial charge on any atom is -0.493 e. The van der Waals surface area contributed by atoms with Crippen LogP contribution in [0.15, 0.2) is 12.1 Å². The second kappa shape index (κ2) is 4.97. The maximum atomic E-state index is 13.0. The second-order valence-electron chi connectivity index (χ2n) is 4.11. The van der Waals surface area contributed by atoms with Gasteiger partial charge in [0.05, 0.1) is 6.61 Å². The van der Waals surface area contributed by atoms with Crippen LogP contribution in [0.5, 0.6) is 5.75 Å². The molecule has 100 valence electrons. The standard InChI is InChI=1S/C12H13ClF3NO/c1-2-17-11(12(14,15)16)9-6-8(13)5-7-3-4-18-10(7)9/h5-6,11,17H,2-4H2,1H3. The van der Waals surface area contributed by atoms with E-state index in [0.29, 0.717) is 23.8 Å². The SMILES string of the molecule is CCNC(c1cc(Cl)cc2c1OCC2)C(F)(F)F. The highest BCUT2D eigenvalue weighted by atomic mass is 35.5. The third-order valence-electron chi connectivity index (χ3n) is 2.82. The first kappa shape index (κ1) is 13.5. The van der Waals surface area contributed by atoms with Gasteiger partial charge in [-0.3, -0.25) is 0 Å². The Balaban J connectivity index is 2.48. The Morgan fingerprint density at radius 1 is 1.44 bits per heavy atom. The summed E-state index contributed by atoms with van der Waals surface area (Å²) in [6, 6.07) is 1.24. The Bertz CT molecular complexity index is 448. The van der Waals surface area contributed by atoms with Crippen LogP contribution >= 0.6 is 11.6 Å². The van der Waals surface area contributed by atoms with E-state index in [1.807, 2.05) is 0 Å². The summed E-state index contributed by atoms with van der Waals surface area (Å²) in [4.78, 5) is 0. The van der Waals surface area contributed by atoms with Crippen molar-refractivity contribution in [2.24, 2.45) is 0 Å². The minimum atomic E-state index is -4.37. The van der Waals surface area contributed by atoms with E-state index in [1.54, 1.807) is 13.0 Å². The topological polar surface area (TPSA) is 21.3 Å². The van der Waals surface area contributed by atoms with Crippen molar-refractivity contribution < 1.29 is 17.9 Å². The molecule has 0 radical (unpaired) electrons. The molecule has 2 nitrogen and oxygen atoms in total. The molecule has 0 spiro atoms. The van der Waals surface area contributed by atoms with Gasteiger partial charge in [-0.1, -0.05) is 18.5 Å². The number of benzene rings is 1. The van der Waals surface area contributed by atoms with Gasteiger partial charge in [-0.2, -0.15) is 13.2 Å². The number of hydrogen-bond donors (Lipinski definition) is 1. The Morgan fingerprint density at radius 3 is 2.78 bits per heavy atom. The van der Waals surface area contributed by atoms with E-state index in [0.717, 1.165) is 5.56 Å². The number of rotatable bonds is 3. The number of nitrogens with one attached hydrogen (secondary N) is 1. The lowest BCUT2D eigenvalue weighted by molar-refractivity contribution is -0.157. The molecular formula is C12H13ClF3NO. The number of ether oxygens (including phenoxy) is 1. The Labute approximate surface area is 108 Å². The molecule has 1 aromatic carbocycles. The Hall–Kier alpha value is -0.940.